The first-order chi connectivity index (χ1) is 7.43. The summed E-state index contributed by atoms with van der Waals surface area (Å²) in [6, 6.07) is -0.0333. The zero-order chi connectivity index (χ0) is 12.2. The van der Waals surface area contributed by atoms with E-state index >= 15 is 0 Å². The fraction of sp³-hybridized carbons (Fsp3) is 0.818. The van der Waals surface area contributed by atoms with Crippen molar-refractivity contribution < 1.29 is 4.79 Å². The minimum atomic E-state index is -0.467. The Bertz CT molecular complexity index is 269. The summed E-state index contributed by atoms with van der Waals surface area (Å²) in [6.45, 7) is 5.80. The van der Waals surface area contributed by atoms with E-state index in [0.29, 0.717) is 6.54 Å². The molecule has 5 heteroatoms. The number of urea groups is 1. The van der Waals surface area contributed by atoms with Crippen LogP contribution < -0.4 is 11.1 Å². The molecule has 0 saturated carbocycles. The van der Waals surface area contributed by atoms with Crippen molar-refractivity contribution in [2.75, 3.05) is 19.6 Å². The molecule has 0 aliphatic carbocycles. The molecule has 0 bridgehead atoms. The van der Waals surface area contributed by atoms with Gasteiger partial charge in [-0.1, -0.05) is 13.8 Å². The maximum atomic E-state index is 11.8. The number of likely N-dealkylation sites (tertiary alicyclic amines) is 1. The molecule has 1 rings (SSSR count). The van der Waals surface area contributed by atoms with Crippen LogP contribution in [0, 0.1) is 10.8 Å². The van der Waals surface area contributed by atoms with Crippen LogP contribution >= 0.6 is 0 Å². The van der Waals surface area contributed by atoms with Gasteiger partial charge in [-0.3, -0.25) is 5.41 Å². The van der Waals surface area contributed by atoms with Crippen LogP contribution in [0.5, 0.6) is 0 Å². The van der Waals surface area contributed by atoms with Crippen LogP contribution in [0.25, 0.3) is 0 Å². The van der Waals surface area contributed by atoms with E-state index in [1.165, 1.54) is 6.42 Å². The Kier molecular flexibility index (Phi) is 4.15. The van der Waals surface area contributed by atoms with Crippen molar-refractivity contribution in [2.45, 2.75) is 33.1 Å². The number of nitrogens with zero attached hydrogens (tertiary/aromatic N) is 1. The molecule has 1 aliphatic heterocycles. The fourth-order valence-corrected chi connectivity index (χ4v) is 1.60. The van der Waals surface area contributed by atoms with Gasteiger partial charge in [-0.05, 0) is 19.3 Å². The Morgan fingerprint density at radius 2 is 1.94 bits per heavy atom. The van der Waals surface area contributed by atoms with Gasteiger partial charge in [0.15, 0.2) is 0 Å². The number of hydrogen-bond donors (Lipinski definition) is 3. The third-order valence-electron chi connectivity index (χ3n) is 3.05. The van der Waals surface area contributed by atoms with E-state index in [-0.39, 0.29) is 11.9 Å². The van der Waals surface area contributed by atoms with E-state index < -0.39 is 5.41 Å². The second-order valence-corrected chi connectivity index (χ2v) is 5.00. The number of hydrogen-bond acceptors (Lipinski definition) is 2. The van der Waals surface area contributed by atoms with E-state index in [1.54, 1.807) is 0 Å². The number of carbonyl (C=O) groups excluding carboxylic acids is 1. The van der Waals surface area contributed by atoms with Crippen LogP contribution in [0.4, 0.5) is 4.79 Å². The first-order valence-corrected chi connectivity index (χ1v) is 5.81. The molecule has 1 aliphatic rings. The van der Waals surface area contributed by atoms with Crippen molar-refractivity contribution in [3.05, 3.63) is 0 Å². The summed E-state index contributed by atoms with van der Waals surface area (Å²) in [5.41, 5.74) is 4.99. The van der Waals surface area contributed by atoms with E-state index in [1.807, 2.05) is 18.7 Å². The Hall–Kier alpha value is -1.26. The van der Waals surface area contributed by atoms with Gasteiger partial charge in [0.2, 0.25) is 0 Å². The molecular weight excluding hydrogens is 204 g/mol. The van der Waals surface area contributed by atoms with Gasteiger partial charge in [0.05, 0.1) is 5.84 Å². The average Bonchev–Trinajstić information content (AvgIpc) is 2.27. The van der Waals surface area contributed by atoms with Crippen LogP contribution in [-0.4, -0.2) is 36.4 Å². The molecule has 16 heavy (non-hydrogen) atoms. The molecule has 0 atom stereocenters. The molecule has 4 N–H and O–H groups in total. The topological polar surface area (TPSA) is 82.2 Å². The van der Waals surface area contributed by atoms with Crippen LogP contribution in [0.3, 0.4) is 0 Å². The highest BCUT2D eigenvalue weighted by atomic mass is 16.2. The van der Waals surface area contributed by atoms with Gasteiger partial charge in [0.1, 0.15) is 0 Å². The molecule has 1 saturated heterocycles. The third kappa shape index (κ3) is 3.40. The molecule has 0 spiro atoms. The highest BCUT2D eigenvalue weighted by molar-refractivity contribution is 5.84. The SMILES string of the molecule is CC(C)(CNC(=O)N1CCCCC1)C(=N)N. The lowest BCUT2D eigenvalue weighted by Gasteiger charge is -2.29. The summed E-state index contributed by atoms with van der Waals surface area (Å²) in [7, 11) is 0. The number of amides is 2. The van der Waals surface area contributed by atoms with Crippen molar-refractivity contribution >= 4 is 11.9 Å². The molecular formula is C11H22N4O. The molecule has 0 radical (unpaired) electrons. The standard InChI is InChI=1S/C11H22N4O/c1-11(2,9(12)13)8-14-10(16)15-6-4-3-5-7-15/h3-8H2,1-2H3,(H3,12,13)(H,14,16). The Balaban J connectivity index is 2.37. The van der Waals surface area contributed by atoms with Crippen molar-refractivity contribution in [3.8, 4) is 0 Å². The van der Waals surface area contributed by atoms with Gasteiger partial charge in [-0.25, -0.2) is 4.79 Å². The normalized spacial score (nSPS) is 17.0. The zero-order valence-corrected chi connectivity index (χ0v) is 10.2. The predicted molar refractivity (Wildman–Crippen MR) is 64.5 cm³/mol. The van der Waals surface area contributed by atoms with Crippen LogP contribution in [0.1, 0.15) is 33.1 Å². The molecule has 2 amide bonds. The van der Waals surface area contributed by atoms with Crippen molar-refractivity contribution in [1.29, 1.82) is 5.41 Å². The number of rotatable bonds is 3. The predicted octanol–water partition coefficient (Wildman–Crippen LogP) is 1.14. The summed E-state index contributed by atoms with van der Waals surface area (Å²) in [5.74, 6) is 0.103. The van der Waals surface area contributed by atoms with Gasteiger partial charge in [-0.2, -0.15) is 0 Å². The molecule has 0 aromatic rings. The Morgan fingerprint density at radius 3 is 2.44 bits per heavy atom. The Labute approximate surface area is 96.9 Å². The summed E-state index contributed by atoms with van der Waals surface area (Å²) >= 11 is 0. The number of amidine groups is 1. The van der Waals surface area contributed by atoms with Crippen LogP contribution in [-0.2, 0) is 0 Å². The van der Waals surface area contributed by atoms with Gasteiger partial charge in [0.25, 0.3) is 0 Å². The first-order valence-electron chi connectivity index (χ1n) is 5.81. The first kappa shape index (κ1) is 12.8. The van der Waals surface area contributed by atoms with Gasteiger partial charge < -0.3 is 16.0 Å². The van der Waals surface area contributed by atoms with Gasteiger partial charge in [0, 0.05) is 25.0 Å². The fourth-order valence-electron chi connectivity index (χ4n) is 1.60. The number of nitrogens with two attached hydrogens (primary N) is 1. The quantitative estimate of drug-likeness (QED) is 0.498. The lowest BCUT2D eigenvalue weighted by molar-refractivity contribution is 0.184. The summed E-state index contributed by atoms with van der Waals surface area (Å²) < 4.78 is 0. The summed E-state index contributed by atoms with van der Waals surface area (Å²) in [4.78, 5) is 13.6. The average molecular weight is 226 g/mol. The van der Waals surface area contributed by atoms with Crippen LogP contribution in [0.15, 0.2) is 0 Å². The number of piperidine rings is 1. The van der Waals surface area contributed by atoms with Crippen molar-refractivity contribution in [1.82, 2.24) is 10.2 Å². The maximum absolute atomic E-state index is 11.8. The van der Waals surface area contributed by atoms with Gasteiger partial charge >= 0.3 is 6.03 Å². The minimum Gasteiger partial charge on any atom is -0.387 e. The van der Waals surface area contributed by atoms with E-state index in [2.05, 4.69) is 5.32 Å². The molecule has 0 unspecified atom stereocenters. The highest BCUT2D eigenvalue weighted by Crippen LogP contribution is 2.13. The largest absolute Gasteiger partial charge is 0.387 e. The molecule has 92 valence electrons. The lowest BCUT2D eigenvalue weighted by atomic mass is 9.92. The van der Waals surface area contributed by atoms with Crippen molar-refractivity contribution in [2.24, 2.45) is 11.1 Å². The summed E-state index contributed by atoms with van der Waals surface area (Å²) in [5, 5.41) is 10.2. The van der Waals surface area contributed by atoms with Gasteiger partial charge in [-0.15, -0.1) is 0 Å². The van der Waals surface area contributed by atoms with Crippen LogP contribution in [0.2, 0.25) is 0 Å². The summed E-state index contributed by atoms with van der Waals surface area (Å²) in [6.07, 6.45) is 3.38. The monoisotopic (exact) mass is 226 g/mol. The number of carbonyl (C=O) groups is 1. The second kappa shape index (κ2) is 5.18. The lowest BCUT2D eigenvalue weighted by Crippen LogP contribution is -2.48. The molecule has 1 heterocycles. The van der Waals surface area contributed by atoms with E-state index in [4.69, 9.17) is 11.1 Å². The molecule has 1 fully saturated rings. The minimum absolute atomic E-state index is 0.0333. The number of nitrogens with one attached hydrogen (secondary N) is 2. The van der Waals surface area contributed by atoms with E-state index in [0.717, 1.165) is 25.9 Å². The molecule has 5 nitrogen and oxygen atoms in total. The smallest absolute Gasteiger partial charge is 0.317 e. The third-order valence-corrected chi connectivity index (χ3v) is 3.05. The highest BCUT2D eigenvalue weighted by Gasteiger charge is 2.24. The van der Waals surface area contributed by atoms with E-state index in [9.17, 15) is 4.79 Å². The maximum Gasteiger partial charge on any atom is 0.317 e. The second-order valence-electron chi connectivity index (χ2n) is 5.00. The molecule has 0 aromatic carbocycles. The zero-order valence-electron chi connectivity index (χ0n) is 10.2. The van der Waals surface area contributed by atoms with Crippen molar-refractivity contribution in [3.63, 3.8) is 0 Å². The Morgan fingerprint density at radius 1 is 1.38 bits per heavy atom. The molecule has 0 aromatic heterocycles.